The monoisotopic (exact) mass is 972 g/mol. The zero-order valence-corrected chi connectivity index (χ0v) is 44.2. The first-order chi connectivity index (χ1) is 35.9. The summed E-state index contributed by atoms with van der Waals surface area (Å²) in [7, 11) is 0. The van der Waals surface area contributed by atoms with Crippen LogP contribution < -0.4 is 4.90 Å². The molecule has 0 aliphatic heterocycles. The average Bonchev–Trinajstić information content (AvgIpc) is 3.97. The van der Waals surface area contributed by atoms with E-state index in [0.717, 1.165) is 22.7 Å². The molecule has 0 fully saturated rings. The van der Waals surface area contributed by atoms with Crippen LogP contribution in [0.4, 0.5) is 17.1 Å². The Labute approximate surface area is 441 Å². The molecule has 2 aliphatic rings. The maximum Gasteiger partial charge on any atom is 0.0544 e. The molecule has 2 nitrogen and oxygen atoms in total. The van der Waals surface area contributed by atoms with Gasteiger partial charge in [0.05, 0.1) is 11.0 Å². The van der Waals surface area contributed by atoms with Crippen molar-refractivity contribution in [1.29, 1.82) is 0 Å². The van der Waals surface area contributed by atoms with Gasteiger partial charge in [0.1, 0.15) is 0 Å². The van der Waals surface area contributed by atoms with Crippen LogP contribution in [0.25, 0.3) is 72.0 Å². The lowest BCUT2D eigenvalue weighted by Crippen LogP contribution is -2.16. The Morgan fingerprint density at radius 1 is 0.405 bits per heavy atom. The van der Waals surface area contributed by atoms with Crippen molar-refractivity contribution < 1.29 is 0 Å². The zero-order chi connectivity index (χ0) is 50.9. The van der Waals surface area contributed by atoms with Crippen LogP contribution in [-0.4, -0.2) is 4.57 Å². The van der Waals surface area contributed by atoms with Crippen molar-refractivity contribution in [2.24, 2.45) is 0 Å². The lowest BCUT2D eigenvalue weighted by molar-refractivity contribution is 0.659. The van der Waals surface area contributed by atoms with Gasteiger partial charge in [-0.1, -0.05) is 185 Å². The van der Waals surface area contributed by atoms with E-state index < -0.39 is 0 Å². The summed E-state index contributed by atoms with van der Waals surface area (Å²) in [4.78, 5) is 5.04. The van der Waals surface area contributed by atoms with Gasteiger partial charge in [-0.2, -0.15) is 0 Å². The number of hydrogen-bond acceptors (Lipinski definition) is 2. The maximum atomic E-state index is 3.36. The molecular weight excluding hydrogens is 913 g/mol. The summed E-state index contributed by atoms with van der Waals surface area (Å²) in [6, 6.07) is 81.3. The van der Waals surface area contributed by atoms with Gasteiger partial charge >= 0.3 is 0 Å². The number of hydrogen-bond donors (Lipinski definition) is 0. The Balaban J connectivity index is 0.00000181. The van der Waals surface area contributed by atoms with E-state index in [1.54, 1.807) is 6.08 Å². The van der Waals surface area contributed by atoms with E-state index in [2.05, 4.69) is 276 Å². The number of allylic oxidation sites excluding steroid dienone is 1. The van der Waals surface area contributed by atoms with Crippen LogP contribution in [0.2, 0.25) is 0 Å². The smallest absolute Gasteiger partial charge is 0.0544 e. The number of anilines is 3. The number of benzene rings is 10. The number of nitrogens with zero attached hydrogens (tertiary/aromatic N) is 2. The van der Waals surface area contributed by atoms with Gasteiger partial charge < -0.3 is 9.47 Å². The van der Waals surface area contributed by atoms with Crippen molar-refractivity contribution in [3.63, 3.8) is 0 Å². The van der Waals surface area contributed by atoms with Gasteiger partial charge in [-0.3, -0.25) is 0 Å². The van der Waals surface area contributed by atoms with Gasteiger partial charge in [-0.25, -0.2) is 0 Å². The normalized spacial score (nSPS) is 13.4. The number of fused-ring (bicyclic) bond motifs is 9. The number of aryl methyl sites for hydroxylation is 2. The molecule has 1 heterocycles. The van der Waals surface area contributed by atoms with Gasteiger partial charge in [0, 0.05) is 54.1 Å². The minimum absolute atomic E-state index is 0.104. The lowest BCUT2D eigenvalue weighted by Gasteiger charge is -2.28. The summed E-state index contributed by atoms with van der Waals surface area (Å²) >= 11 is 1.88. The van der Waals surface area contributed by atoms with Crippen LogP contribution in [0.5, 0.6) is 0 Å². The summed E-state index contributed by atoms with van der Waals surface area (Å²) in [5.41, 5.74) is 25.1. The minimum atomic E-state index is -0.142. The first kappa shape index (κ1) is 46.9. The SMILES string of the molecule is C=CC.Cc1ccccc1Sc1cc2c(cc1C)C(C)(C)c1cc3c(cc1-2)c1ccccc1n3-c1ccc(-c2ccc(N(c3ccc(-c4ccccc4)cc3)c3ccc4c(c3)C(C)(C)c3ccccc3-4)cc2)cc1. The van der Waals surface area contributed by atoms with Crippen molar-refractivity contribution in [3.05, 3.63) is 264 Å². The molecule has 0 spiro atoms. The fourth-order valence-corrected chi connectivity index (χ4v) is 12.8. The highest BCUT2D eigenvalue weighted by Crippen LogP contribution is 2.54. The number of para-hydroxylation sites is 1. The summed E-state index contributed by atoms with van der Waals surface area (Å²) in [5, 5.41) is 2.56. The average molecular weight is 973 g/mol. The van der Waals surface area contributed by atoms with Crippen molar-refractivity contribution in [3.8, 4) is 50.2 Å². The van der Waals surface area contributed by atoms with Crippen molar-refractivity contribution in [2.45, 2.75) is 69.1 Å². The highest BCUT2D eigenvalue weighted by atomic mass is 32.2. The molecule has 11 aromatic rings. The molecule has 0 bridgehead atoms. The van der Waals surface area contributed by atoms with Crippen molar-refractivity contribution in [1.82, 2.24) is 4.57 Å². The molecule has 0 radical (unpaired) electrons. The molecule has 0 N–H and O–H groups in total. The molecule has 13 rings (SSSR count). The van der Waals surface area contributed by atoms with Crippen LogP contribution in [0, 0.1) is 13.8 Å². The Morgan fingerprint density at radius 3 is 1.61 bits per heavy atom. The largest absolute Gasteiger partial charge is 0.310 e. The van der Waals surface area contributed by atoms with Crippen LogP contribution in [0.1, 0.15) is 68.0 Å². The number of rotatable bonds is 8. The van der Waals surface area contributed by atoms with Crippen LogP contribution in [-0.2, 0) is 10.8 Å². The highest BCUT2D eigenvalue weighted by Gasteiger charge is 2.38. The van der Waals surface area contributed by atoms with E-state index in [1.165, 1.54) is 109 Å². The lowest BCUT2D eigenvalue weighted by atomic mass is 9.82. The van der Waals surface area contributed by atoms with Gasteiger partial charge in [-0.15, -0.1) is 6.58 Å². The van der Waals surface area contributed by atoms with E-state index >= 15 is 0 Å². The van der Waals surface area contributed by atoms with Crippen molar-refractivity contribution in [2.75, 3.05) is 4.90 Å². The molecular formula is C71H60N2S. The molecule has 2 aliphatic carbocycles. The first-order valence-electron chi connectivity index (χ1n) is 25.9. The standard InChI is InChI=1S/C68H54N2S.C3H6/c1-43-16-10-15-23-65(43)71-66-41-57-56-40-58-55-20-12-14-22-63(55)70(64(58)42-62(56)68(5,6)60(57)38-44(66)2)51-34-28-48(29-35-51)47-26-32-50(33-27-47)69(49-30-24-46(25-31-49)45-17-8-7-9-18-45)52-36-37-54-53-19-11-13-21-59(53)67(3,4)61(54)39-52;1-3-2/h7-42H,1-6H3;3H,1H2,2H3. The second-order valence-corrected chi connectivity index (χ2v) is 22.2. The van der Waals surface area contributed by atoms with Gasteiger partial charge in [0.25, 0.3) is 0 Å². The summed E-state index contributed by atoms with van der Waals surface area (Å²) < 4.78 is 2.47. The minimum Gasteiger partial charge on any atom is -0.310 e. The third-order valence-electron chi connectivity index (χ3n) is 15.7. The maximum absolute atomic E-state index is 3.36. The first-order valence-corrected chi connectivity index (χ1v) is 26.7. The van der Waals surface area contributed by atoms with E-state index in [-0.39, 0.29) is 10.8 Å². The predicted octanol–water partition coefficient (Wildman–Crippen LogP) is 20.2. The molecule has 1 aromatic heterocycles. The summed E-state index contributed by atoms with van der Waals surface area (Å²) in [6.07, 6.45) is 1.75. The molecule has 360 valence electrons. The third kappa shape index (κ3) is 7.81. The molecule has 10 aromatic carbocycles. The predicted molar refractivity (Wildman–Crippen MR) is 317 cm³/mol. The summed E-state index contributed by atoms with van der Waals surface area (Å²) in [5.74, 6) is 0. The van der Waals surface area contributed by atoms with Gasteiger partial charge in [-0.05, 0) is 178 Å². The van der Waals surface area contributed by atoms with Gasteiger partial charge in [0.2, 0.25) is 0 Å². The Morgan fingerprint density at radius 2 is 0.919 bits per heavy atom. The van der Waals surface area contributed by atoms with Crippen LogP contribution in [0.15, 0.2) is 241 Å². The topological polar surface area (TPSA) is 8.17 Å². The second kappa shape index (κ2) is 18.4. The van der Waals surface area contributed by atoms with E-state index in [4.69, 9.17) is 0 Å². The molecule has 74 heavy (non-hydrogen) atoms. The summed E-state index contributed by atoms with van der Waals surface area (Å²) in [6.45, 7) is 19.2. The van der Waals surface area contributed by atoms with Gasteiger partial charge in [0.15, 0.2) is 0 Å². The third-order valence-corrected chi connectivity index (χ3v) is 17.1. The fourth-order valence-electron chi connectivity index (χ4n) is 11.8. The fraction of sp³-hybridized carbons (Fsp3) is 0.127. The van der Waals surface area contributed by atoms with Crippen molar-refractivity contribution >= 4 is 50.6 Å². The molecule has 3 heteroatoms. The molecule has 0 amide bonds. The molecule has 0 atom stereocenters. The Bertz CT molecular complexity index is 3950. The quantitative estimate of drug-likeness (QED) is 0.140. The molecule has 0 unspecified atom stereocenters. The number of aromatic nitrogens is 1. The molecule has 0 saturated carbocycles. The highest BCUT2D eigenvalue weighted by molar-refractivity contribution is 7.99. The Kier molecular flexibility index (Phi) is 11.7. The molecule has 0 saturated heterocycles. The second-order valence-electron chi connectivity index (χ2n) is 21.1. The zero-order valence-electron chi connectivity index (χ0n) is 43.4. The van der Waals surface area contributed by atoms with E-state index in [9.17, 15) is 0 Å². The van der Waals surface area contributed by atoms with Crippen LogP contribution >= 0.6 is 11.8 Å². The van der Waals surface area contributed by atoms with E-state index in [0.29, 0.717) is 0 Å². The Hall–Kier alpha value is -8.11. The van der Waals surface area contributed by atoms with Crippen LogP contribution in [0.3, 0.4) is 0 Å². The van der Waals surface area contributed by atoms with E-state index in [1.807, 2.05) is 18.7 Å².